The van der Waals surface area contributed by atoms with E-state index in [1.165, 1.54) is 0 Å². The zero-order chi connectivity index (χ0) is 39.3. The van der Waals surface area contributed by atoms with E-state index in [1.807, 2.05) is 103 Å². The number of hydrogen-bond donors (Lipinski definition) is 0. The smallest absolute Gasteiger partial charge is 0.143 e. The Balaban J connectivity index is 1.30. The summed E-state index contributed by atoms with van der Waals surface area (Å²) < 4.78 is 79.6. The van der Waals surface area contributed by atoms with Crippen LogP contribution in [0.3, 0.4) is 0 Å². The van der Waals surface area contributed by atoms with Gasteiger partial charge < -0.3 is 4.42 Å². The summed E-state index contributed by atoms with van der Waals surface area (Å²) >= 11 is 0. The van der Waals surface area contributed by atoms with Gasteiger partial charge in [-0.05, 0) is 83.6 Å². The number of benzene rings is 9. The molecule has 0 unspecified atom stereocenters. The zero-order valence-electron chi connectivity index (χ0n) is 34.1. The van der Waals surface area contributed by atoms with Crippen LogP contribution >= 0.6 is 0 Å². The second kappa shape index (κ2) is 11.1. The molecule has 1 heterocycles. The van der Waals surface area contributed by atoms with Crippen molar-refractivity contribution in [3.05, 3.63) is 182 Å². The van der Waals surface area contributed by atoms with Gasteiger partial charge in [-0.25, -0.2) is 0 Å². The number of fused-ring (bicyclic) bond motifs is 7. The first-order valence-electron chi connectivity index (χ1n) is 20.2. The summed E-state index contributed by atoms with van der Waals surface area (Å²) in [4.78, 5) is 0. The first-order chi connectivity index (χ1) is 27.6. The third-order valence-corrected chi connectivity index (χ3v) is 9.53. The van der Waals surface area contributed by atoms with Crippen molar-refractivity contribution in [2.24, 2.45) is 0 Å². The molecule has 10 rings (SSSR count). The molecule has 228 valence electrons. The molecule has 0 radical (unpaired) electrons. The monoisotopic (exact) mass is 630 g/mol. The molecule has 0 bridgehead atoms. The Morgan fingerprint density at radius 3 is 1.53 bits per heavy atom. The average molecular weight is 631 g/mol. The van der Waals surface area contributed by atoms with E-state index >= 15 is 0 Å². The van der Waals surface area contributed by atoms with Gasteiger partial charge in [0.25, 0.3) is 0 Å². The van der Waals surface area contributed by atoms with Crippen LogP contribution < -0.4 is 0 Å². The second-order valence-corrected chi connectivity index (χ2v) is 12.2. The van der Waals surface area contributed by atoms with E-state index in [0.717, 1.165) is 38.4 Å². The van der Waals surface area contributed by atoms with Gasteiger partial charge in [0.15, 0.2) is 0 Å². The van der Waals surface area contributed by atoms with Crippen molar-refractivity contribution in [3.63, 3.8) is 0 Å². The lowest BCUT2D eigenvalue weighted by Crippen LogP contribution is -1.91. The second-order valence-electron chi connectivity index (χ2n) is 12.2. The van der Waals surface area contributed by atoms with E-state index in [1.54, 1.807) is 6.07 Å². The highest BCUT2D eigenvalue weighted by Crippen LogP contribution is 2.47. The molecule has 1 heteroatoms. The van der Waals surface area contributed by atoms with Crippen molar-refractivity contribution in [2.45, 2.75) is 0 Å². The molecule has 1 aromatic heterocycles. The molecular formula is C48H30O. The van der Waals surface area contributed by atoms with Crippen LogP contribution in [0.15, 0.2) is 186 Å². The Morgan fingerprint density at radius 1 is 0.367 bits per heavy atom. The lowest BCUT2D eigenvalue weighted by molar-refractivity contribution is 0.673. The van der Waals surface area contributed by atoms with Crippen LogP contribution in [0.2, 0.25) is 0 Å². The van der Waals surface area contributed by atoms with Gasteiger partial charge in [0.05, 0.1) is 11.0 Å². The van der Waals surface area contributed by atoms with Crippen molar-refractivity contribution in [2.75, 3.05) is 0 Å². The van der Waals surface area contributed by atoms with Gasteiger partial charge in [-0.2, -0.15) is 0 Å². The molecule has 0 saturated carbocycles. The fraction of sp³-hybridized carbons (Fsp3) is 0. The van der Waals surface area contributed by atoms with Gasteiger partial charge >= 0.3 is 0 Å². The molecule has 0 aliphatic carbocycles. The van der Waals surface area contributed by atoms with Crippen LogP contribution in [0.5, 0.6) is 0 Å². The van der Waals surface area contributed by atoms with Crippen molar-refractivity contribution >= 4 is 54.3 Å². The van der Waals surface area contributed by atoms with Crippen LogP contribution in [-0.4, -0.2) is 0 Å². The molecule has 1 nitrogen and oxygen atoms in total. The van der Waals surface area contributed by atoms with Crippen LogP contribution in [0.4, 0.5) is 0 Å². The average Bonchev–Trinajstić information content (AvgIpc) is 3.65. The normalized spacial score (nSPS) is 14.0. The highest BCUT2D eigenvalue weighted by molar-refractivity contribution is 6.27. The van der Waals surface area contributed by atoms with Gasteiger partial charge in [0.1, 0.15) is 11.2 Å². The number of furan rings is 1. The maximum absolute atomic E-state index is 9.43. The molecule has 49 heavy (non-hydrogen) atoms. The summed E-state index contributed by atoms with van der Waals surface area (Å²) in [5.74, 6) is 0. The molecule has 0 saturated heterocycles. The van der Waals surface area contributed by atoms with Crippen molar-refractivity contribution in [1.82, 2.24) is 0 Å². The van der Waals surface area contributed by atoms with Crippen LogP contribution in [0, 0.1) is 0 Å². The molecule has 0 aliphatic heterocycles. The van der Waals surface area contributed by atoms with Gasteiger partial charge in [-0.15, -0.1) is 0 Å². The van der Waals surface area contributed by atoms with Crippen molar-refractivity contribution in [3.8, 4) is 44.5 Å². The molecule has 10 aromatic rings. The lowest BCUT2D eigenvalue weighted by atomic mass is 9.84. The van der Waals surface area contributed by atoms with Gasteiger partial charge in [0, 0.05) is 16.2 Å². The topological polar surface area (TPSA) is 13.1 Å². The van der Waals surface area contributed by atoms with Crippen molar-refractivity contribution in [1.29, 1.82) is 0 Å². The minimum atomic E-state index is -0.440. The van der Waals surface area contributed by atoms with E-state index in [9.17, 15) is 5.48 Å². The Kier molecular flexibility index (Phi) is 4.69. The van der Waals surface area contributed by atoms with E-state index in [2.05, 4.69) is 24.3 Å². The standard InChI is InChI=1S/C48H30O/c1-2-11-31(12-3-1)32-21-23-33(24-22-32)34-25-27-36(28-26-34)45-38-15-6-8-17-40(38)46(41-18-9-7-16-39(41)45)42-19-10-20-44-47(42)43-30-29-35-13-4-5-14-37(35)48(43)49-44/h1-30H/i6D,7D,8D,9D,15D,16D,17D,18D. The predicted octanol–water partition coefficient (Wildman–Crippen LogP) is 13.7. The zero-order valence-corrected chi connectivity index (χ0v) is 26.1. The SMILES string of the molecule is [2H]c1c([2H])c([2H])c2c(-c3cccc4oc5c6ccccc6ccc5c34)c3c([2H])c([2H])c([2H])c([2H])c3c(-c3ccc(-c4ccc(-c5ccccc5)cc4)cc3)c2c1[2H]. The molecule has 0 aliphatic rings. The summed E-state index contributed by atoms with van der Waals surface area (Å²) in [5.41, 5.74) is 6.97. The lowest BCUT2D eigenvalue weighted by Gasteiger charge is -2.18. The largest absolute Gasteiger partial charge is 0.455 e. The summed E-state index contributed by atoms with van der Waals surface area (Å²) in [7, 11) is 0. The minimum Gasteiger partial charge on any atom is -0.455 e. The third-order valence-electron chi connectivity index (χ3n) is 9.53. The summed E-state index contributed by atoms with van der Waals surface area (Å²) in [6, 6.07) is 40.3. The maximum atomic E-state index is 9.43. The number of hydrogen-bond acceptors (Lipinski definition) is 1. The third kappa shape index (κ3) is 4.40. The highest BCUT2D eigenvalue weighted by atomic mass is 16.3. The molecule has 0 N–H and O–H groups in total. The number of rotatable bonds is 4. The van der Waals surface area contributed by atoms with Gasteiger partial charge in [-0.1, -0.05) is 170 Å². The van der Waals surface area contributed by atoms with Crippen LogP contribution in [-0.2, 0) is 0 Å². The minimum absolute atomic E-state index is 0.164. The molecule has 0 atom stereocenters. The maximum Gasteiger partial charge on any atom is 0.143 e. The first kappa shape index (κ1) is 20.7. The molecule has 9 aromatic carbocycles. The van der Waals surface area contributed by atoms with E-state index in [-0.39, 0.29) is 45.7 Å². The van der Waals surface area contributed by atoms with Crippen LogP contribution in [0.25, 0.3) is 98.8 Å². The Bertz CT molecular complexity index is 3220. The Labute approximate surface area is 295 Å². The molecular weight excluding hydrogens is 593 g/mol. The van der Waals surface area contributed by atoms with E-state index in [0.29, 0.717) is 38.8 Å². The van der Waals surface area contributed by atoms with Gasteiger partial charge in [0.2, 0.25) is 0 Å². The fourth-order valence-corrected chi connectivity index (χ4v) is 7.26. The van der Waals surface area contributed by atoms with Crippen LogP contribution in [0.1, 0.15) is 11.0 Å². The Hall–Kier alpha value is -6.44. The summed E-state index contributed by atoms with van der Waals surface area (Å²) in [6.45, 7) is 0. The predicted molar refractivity (Wildman–Crippen MR) is 208 cm³/mol. The molecule has 0 fully saturated rings. The van der Waals surface area contributed by atoms with Crippen molar-refractivity contribution < 1.29 is 15.4 Å². The fourth-order valence-electron chi connectivity index (χ4n) is 7.26. The summed E-state index contributed by atoms with van der Waals surface area (Å²) in [5, 5.41) is 4.02. The van der Waals surface area contributed by atoms with Gasteiger partial charge in [-0.3, -0.25) is 0 Å². The quantitative estimate of drug-likeness (QED) is 0.176. The summed E-state index contributed by atoms with van der Waals surface area (Å²) in [6.07, 6.45) is 0. The molecule has 0 amide bonds. The highest BCUT2D eigenvalue weighted by Gasteiger charge is 2.20. The first-order valence-corrected chi connectivity index (χ1v) is 16.2. The molecule has 0 spiro atoms. The van der Waals surface area contributed by atoms with E-state index < -0.39 is 24.2 Å². The van der Waals surface area contributed by atoms with E-state index in [4.69, 9.17) is 9.90 Å². The Morgan fingerprint density at radius 2 is 0.898 bits per heavy atom.